The van der Waals surface area contributed by atoms with E-state index in [-0.39, 0.29) is 6.04 Å². The Balaban J connectivity index is 1.64. The normalized spacial score (nSPS) is 12.0. The first-order valence-electron chi connectivity index (χ1n) is 9.21. The number of anilines is 1. The highest BCUT2D eigenvalue weighted by atomic mass is 15.4. The van der Waals surface area contributed by atoms with Gasteiger partial charge in [0.2, 0.25) is 0 Å². The lowest BCUT2D eigenvalue weighted by molar-refractivity contribution is 0.778. The van der Waals surface area contributed by atoms with Crippen molar-refractivity contribution in [2.75, 3.05) is 5.32 Å². The molecule has 4 rings (SSSR count). The summed E-state index contributed by atoms with van der Waals surface area (Å²) in [5.74, 6) is 1.38. The third kappa shape index (κ3) is 3.76. The van der Waals surface area contributed by atoms with E-state index >= 15 is 0 Å². The van der Waals surface area contributed by atoms with Gasteiger partial charge in [0.1, 0.15) is 5.82 Å². The lowest BCUT2D eigenvalue weighted by Crippen LogP contribution is -2.15. The molecule has 0 spiro atoms. The molecule has 4 aromatic rings. The predicted molar refractivity (Wildman–Crippen MR) is 110 cm³/mol. The third-order valence-electron chi connectivity index (χ3n) is 4.53. The Kier molecular flexibility index (Phi) is 4.85. The molecule has 28 heavy (non-hydrogen) atoms. The second-order valence-electron chi connectivity index (χ2n) is 6.86. The van der Waals surface area contributed by atoms with Gasteiger partial charge in [-0.05, 0) is 56.7 Å². The van der Waals surface area contributed by atoms with E-state index in [9.17, 15) is 0 Å². The van der Waals surface area contributed by atoms with Crippen LogP contribution in [-0.4, -0.2) is 25.0 Å². The van der Waals surface area contributed by atoms with E-state index in [0.29, 0.717) is 11.6 Å². The first kappa shape index (κ1) is 17.9. The topological polar surface area (TPSA) is 68.5 Å². The average molecular weight is 370 g/mol. The second kappa shape index (κ2) is 7.60. The molecule has 0 aliphatic rings. The minimum absolute atomic E-state index is 0.116. The third-order valence-corrected chi connectivity index (χ3v) is 4.53. The maximum absolute atomic E-state index is 4.54. The summed E-state index contributed by atoms with van der Waals surface area (Å²) in [5, 5.41) is 16.6. The van der Waals surface area contributed by atoms with Crippen molar-refractivity contribution in [1.29, 1.82) is 0 Å². The van der Waals surface area contributed by atoms with Gasteiger partial charge in [-0.15, -0.1) is 10.2 Å². The fraction of sp³-hybridized carbons (Fsp3) is 0.182. The SMILES string of the molecule is Cc1cccc(C(Nc2ccc(-n3nc(C)cc3C)nn2)c2ccccn2)c1. The van der Waals surface area contributed by atoms with E-state index in [1.165, 1.54) is 5.56 Å². The Morgan fingerprint density at radius 2 is 1.79 bits per heavy atom. The number of nitrogens with one attached hydrogen (secondary N) is 1. The van der Waals surface area contributed by atoms with Crippen molar-refractivity contribution in [1.82, 2.24) is 25.0 Å². The highest BCUT2D eigenvalue weighted by Crippen LogP contribution is 2.25. The number of hydrogen-bond donors (Lipinski definition) is 1. The fourth-order valence-electron chi connectivity index (χ4n) is 3.25. The van der Waals surface area contributed by atoms with Gasteiger partial charge in [-0.3, -0.25) is 4.98 Å². The monoisotopic (exact) mass is 370 g/mol. The minimum atomic E-state index is -0.116. The fourth-order valence-corrected chi connectivity index (χ4v) is 3.25. The Bertz CT molecular complexity index is 1070. The maximum Gasteiger partial charge on any atom is 0.176 e. The van der Waals surface area contributed by atoms with E-state index in [2.05, 4.69) is 56.8 Å². The van der Waals surface area contributed by atoms with Crippen LogP contribution >= 0.6 is 0 Å². The molecule has 0 aliphatic carbocycles. The van der Waals surface area contributed by atoms with Crippen LogP contribution in [0.25, 0.3) is 5.82 Å². The van der Waals surface area contributed by atoms with Gasteiger partial charge < -0.3 is 5.32 Å². The van der Waals surface area contributed by atoms with E-state index in [4.69, 9.17) is 0 Å². The van der Waals surface area contributed by atoms with Gasteiger partial charge in [-0.2, -0.15) is 5.10 Å². The van der Waals surface area contributed by atoms with Crippen molar-refractivity contribution >= 4 is 5.82 Å². The van der Waals surface area contributed by atoms with Crippen LogP contribution in [0.4, 0.5) is 5.82 Å². The Labute approximate surface area is 164 Å². The van der Waals surface area contributed by atoms with Gasteiger partial charge in [0.15, 0.2) is 5.82 Å². The molecule has 3 heterocycles. The van der Waals surface area contributed by atoms with Gasteiger partial charge in [0.05, 0.1) is 17.4 Å². The van der Waals surface area contributed by atoms with E-state index < -0.39 is 0 Å². The van der Waals surface area contributed by atoms with Crippen LogP contribution in [0.15, 0.2) is 66.9 Å². The van der Waals surface area contributed by atoms with Crippen LogP contribution in [0.5, 0.6) is 0 Å². The lowest BCUT2D eigenvalue weighted by atomic mass is 10.0. The summed E-state index contributed by atoms with van der Waals surface area (Å²) in [4.78, 5) is 4.54. The summed E-state index contributed by atoms with van der Waals surface area (Å²) in [6.07, 6.45) is 1.80. The summed E-state index contributed by atoms with van der Waals surface area (Å²) >= 11 is 0. The molecule has 3 aromatic heterocycles. The van der Waals surface area contributed by atoms with Gasteiger partial charge in [-0.25, -0.2) is 4.68 Å². The van der Waals surface area contributed by atoms with Gasteiger partial charge in [-0.1, -0.05) is 35.9 Å². The standard InChI is InChI=1S/C22H22N6/c1-15-7-6-8-18(13-15)22(19-9-4-5-12-23-19)24-20-10-11-21(26-25-20)28-17(3)14-16(2)27-28/h4-14,22H,1-3H3,(H,24,25). The Hall–Kier alpha value is -3.54. The number of benzene rings is 1. The molecule has 1 unspecified atom stereocenters. The molecule has 1 atom stereocenters. The molecule has 0 amide bonds. The van der Waals surface area contributed by atoms with Crippen LogP contribution in [0.2, 0.25) is 0 Å². The summed E-state index contributed by atoms with van der Waals surface area (Å²) in [6, 6.07) is 20.0. The quantitative estimate of drug-likeness (QED) is 0.571. The summed E-state index contributed by atoms with van der Waals surface area (Å²) in [5.41, 5.74) is 5.24. The molecule has 6 heteroatoms. The van der Waals surface area contributed by atoms with Crippen molar-refractivity contribution in [2.45, 2.75) is 26.8 Å². The van der Waals surface area contributed by atoms with Crippen molar-refractivity contribution in [2.24, 2.45) is 0 Å². The number of aryl methyl sites for hydroxylation is 3. The Morgan fingerprint density at radius 3 is 2.43 bits per heavy atom. The molecule has 1 aromatic carbocycles. The van der Waals surface area contributed by atoms with Crippen molar-refractivity contribution < 1.29 is 0 Å². The van der Waals surface area contributed by atoms with Crippen LogP contribution < -0.4 is 5.32 Å². The molecular weight excluding hydrogens is 348 g/mol. The summed E-state index contributed by atoms with van der Waals surface area (Å²) < 4.78 is 1.79. The first-order chi connectivity index (χ1) is 13.6. The molecule has 140 valence electrons. The maximum atomic E-state index is 4.54. The Morgan fingerprint density at radius 1 is 0.893 bits per heavy atom. The van der Waals surface area contributed by atoms with Crippen LogP contribution in [0.3, 0.4) is 0 Å². The van der Waals surface area contributed by atoms with E-state index in [0.717, 1.165) is 22.6 Å². The molecule has 0 fully saturated rings. The summed E-state index contributed by atoms with van der Waals surface area (Å²) in [7, 11) is 0. The van der Waals surface area contributed by atoms with Gasteiger partial charge in [0, 0.05) is 11.9 Å². The number of rotatable bonds is 5. The van der Waals surface area contributed by atoms with Crippen LogP contribution in [-0.2, 0) is 0 Å². The summed E-state index contributed by atoms with van der Waals surface area (Å²) in [6.45, 7) is 6.05. The number of hydrogen-bond acceptors (Lipinski definition) is 5. The molecule has 0 radical (unpaired) electrons. The molecular formula is C22H22N6. The van der Waals surface area contributed by atoms with Crippen LogP contribution in [0.1, 0.15) is 34.3 Å². The minimum Gasteiger partial charge on any atom is -0.356 e. The largest absolute Gasteiger partial charge is 0.356 e. The molecule has 6 nitrogen and oxygen atoms in total. The molecule has 0 saturated heterocycles. The van der Waals surface area contributed by atoms with Gasteiger partial charge in [0.25, 0.3) is 0 Å². The molecule has 1 N–H and O–H groups in total. The molecule has 0 aliphatic heterocycles. The zero-order valence-corrected chi connectivity index (χ0v) is 16.2. The van der Waals surface area contributed by atoms with Gasteiger partial charge >= 0.3 is 0 Å². The van der Waals surface area contributed by atoms with Crippen LogP contribution in [0, 0.1) is 20.8 Å². The second-order valence-corrected chi connectivity index (χ2v) is 6.86. The molecule has 0 saturated carbocycles. The number of nitrogens with zero attached hydrogens (tertiary/aromatic N) is 5. The zero-order chi connectivity index (χ0) is 19.5. The van der Waals surface area contributed by atoms with E-state index in [1.54, 1.807) is 10.9 Å². The van der Waals surface area contributed by atoms with Crippen molar-refractivity contribution in [3.05, 3.63) is 95.1 Å². The highest BCUT2D eigenvalue weighted by Gasteiger charge is 2.16. The average Bonchev–Trinajstić information content (AvgIpc) is 3.05. The van der Waals surface area contributed by atoms with Crippen molar-refractivity contribution in [3.63, 3.8) is 0 Å². The highest BCUT2D eigenvalue weighted by molar-refractivity contribution is 5.44. The predicted octanol–water partition coefficient (Wildman–Crippen LogP) is 4.18. The lowest BCUT2D eigenvalue weighted by Gasteiger charge is -2.19. The van der Waals surface area contributed by atoms with Crippen molar-refractivity contribution in [3.8, 4) is 5.82 Å². The number of aromatic nitrogens is 5. The smallest absolute Gasteiger partial charge is 0.176 e. The first-order valence-corrected chi connectivity index (χ1v) is 9.21. The number of pyridine rings is 1. The zero-order valence-electron chi connectivity index (χ0n) is 16.2. The molecule has 0 bridgehead atoms. The van der Waals surface area contributed by atoms with E-state index in [1.807, 2.05) is 50.2 Å².